The molecule has 3 aliphatic rings. The second-order valence-corrected chi connectivity index (χ2v) is 7.84. The fourth-order valence-electron chi connectivity index (χ4n) is 4.93. The lowest BCUT2D eigenvalue weighted by atomic mass is 9.98. The number of hydrogen-bond donors (Lipinski definition) is 0. The highest BCUT2D eigenvalue weighted by Crippen LogP contribution is 2.54. The van der Waals surface area contributed by atoms with Crippen LogP contribution >= 0.6 is 34.8 Å². The van der Waals surface area contributed by atoms with E-state index in [-0.39, 0.29) is 0 Å². The molecule has 3 aliphatic carbocycles. The SMILES string of the molecule is Clc1nc2c3c4c1Cc1nc(Cl)c5c(c14)c1c(nc(Cl)c(c31)C2)C5. The average molecular weight is 371 g/mol. The molecule has 0 saturated heterocycles. The first-order valence-corrected chi connectivity index (χ1v) is 8.91. The molecule has 0 N–H and O–H groups in total. The van der Waals surface area contributed by atoms with Gasteiger partial charge in [0.05, 0.1) is 17.1 Å². The van der Waals surface area contributed by atoms with Gasteiger partial charge in [0, 0.05) is 68.3 Å². The van der Waals surface area contributed by atoms with Crippen LogP contribution in [0.15, 0.2) is 0 Å². The topological polar surface area (TPSA) is 38.7 Å². The van der Waals surface area contributed by atoms with Crippen LogP contribution in [0.5, 0.6) is 0 Å². The Morgan fingerprint density at radius 1 is 0.458 bits per heavy atom. The van der Waals surface area contributed by atoms with Gasteiger partial charge in [0.15, 0.2) is 0 Å². The first kappa shape index (κ1) is 12.6. The average Bonchev–Trinajstić information content (AvgIpc) is 3.18. The third-order valence-corrected chi connectivity index (χ3v) is 6.69. The lowest BCUT2D eigenvalue weighted by Crippen LogP contribution is -1.93. The van der Waals surface area contributed by atoms with Gasteiger partial charge in [-0.3, -0.25) is 0 Å². The summed E-state index contributed by atoms with van der Waals surface area (Å²) in [5.41, 5.74) is 6.24. The first-order valence-electron chi connectivity index (χ1n) is 7.78. The van der Waals surface area contributed by atoms with Crippen molar-refractivity contribution in [1.82, 2.24) is 15.0 Å². The lowest BCUT2D eigenvalue weighted by Gasteiger charge is -2.09. The summed E-state index contributed by atoms with van der Waals surface area (Å²) in [4.78, 5) is 14.0. The van der Waals surface area contributed by atoms with Crippen molar-refractivity contribution in [2.45, 2.75) is 19.3 Å². The second kappa shape index (κ2) is 3.62. The summed E-state index contributed by atoms with van der Waals surface area (Å²) < 4.78 is 0. The third kappa shape index (κ3) is 1.12. The number of nitrogens with zero attached hydrogens (tertiary/aromatic N) is 3. The van der Waals surface area contributed by atoms with Gasteiger partial charge in [0.25, 0.3) is 0 Å². The van der Waals surface area contributed by atoms with E-state index in [2.05, 4.69) is 15.0 Å². The summed E-state index contributed by atoms with van der Waals surface area (Å²) in [5.74, 6) is 0. The Kier molecular flexibility index (Phi) is 1.91. The minimum absolute atomic E-state index is 0.574. The molecule has 0 aliphatic heterocycles. The van der Waals surface area contributed by atoms with Gasteiger partial charge >= 0.3 is 0 Å². The molecule has 6 heteroatoms. The van der Waals surface area contributed by atoms with Crippen LogP contribution in [0.3, 0.4) is 0 Å². The molecule has 0 saturated carbocycles. The molecule has 24 heavy (non-hydrogen) atoms. The molecule has 0 fully saturated rings. The fourth-order valence-corrected chi connectivity index (χ4v) is 5.72. The van der Waals surface area contributed by atoms with E-state index in [1.807, 2.05) is 0 Å². The van der Waals surface area contributed by atoms with E-state index < -0.39 is 0 Å². The number of hydrogen-bond acceptors (Lipinski definition) is 3. The second-order valence-electron chi connectivity index (χ2n) is 6.76. The van der Waals surface area contributed by atoms with Gasteiger partial charge in [-0.05, 0) is 0 Å². The van der Waals surface area contributed by atoms with Crippen molar-refractivity contribution in [3.8, 4) is 0 Å². The van der Waals surface area contributed by atoms with Crippen LogP contribution in [-0.4, -0.2) is 15.0 Å². The Hall–Kier alpha value is -1.68. The maximum atomic E-state index is 6.51. The number of aromatic nitrogens is 3. The highest BCUT2D eigenvalue weighted by Gasteiger charge is 2.36. The van der Waals surface area contributed by atoms with E-state index in [0.717, 1.165) is 33.8 Å². The van der Waals surface area contributed by atoms with Crippen molar-refractivity contribution in [2.75, 3.05) is 0 Å². The highest BCUT2D eigenvalue weighted by atomic mass is 35.5. The molecular formula is C18H6Cl3N3. The summed E-state index contributed by atoms with van der Waals surface area (Å²) in [6.45, 7) is 0. The maximum Gasteiger partial charge on any atom is 0.133 e. The highest BCUT2D eigenvalue weighted by molar-refractivity contribution is 6.40. The lowest BCUT2D eigenvalue weighted by molar-refractivity contribution is 1.08. The Labute approximate surface area is 150 Å². The largest absolute Gasteiger partial charge is 0.240 e. The molecule has 0 radical (unpaired) electrons. The van der Waals surface area contributed by atoms with Gasteiger partial charge in [-0.2, -0.15) is 0 Å². The van der Waals surface area contributed by atoms with E-state index in [9.17, 15) is 0 Å². The van der Waals surface area contributed by atoms with Crippen molar-refractivity contribution in [1.29, 1.82) is 0 Å². The number of benzene rings is 1. The fraction of sp³-hybridized carbons (Fsp3) is 0.167. The Morgan fingerprint density at radius 3 is 1.04 bits per heavy atom. The summed E-state index contributed by atoms with van der Waals surface area (Å²) in [5, 5.41) is 8.96. The quantitative estimate of drug-likeness (QED) is 0.278. The van der Waals surface area contributed by atoms with E-state index in [1.54, 1.807) is 0 Å². The van der Waals surface area contributed by atoms with Crippen molar-refractivity contribution < 1.29 is 0 Å². The van der Waals surface area contributed by atoms with Crippen LogP contribution in [0.25, 0.3) is 32.3 Å². The molecular weight excluding hydrogens is 365 g/mol. The molecule has 3 nitrogen and oxygen atoms in total. The zero-order valence-electron chi connectivity index (χ0n) is 12.1. The van der Waals surface area contributed by atoms with Crippen molar-refractivity contribution in [2.24, 2.45) is 0 Å². The smallest absolute Gasteiger partial charge is 0.133 e. The van der Waals surface area contributed by atoms with Gasteiger partial charge < -0.3 is 0 Å². The molecule has 0 unspecified atom stereocenters. The number of halogens is 3. The third-order valence-electron chi connectivity index (χ3n) is 5.75. The Balaban J connectivity index is 1.98. The van der Waals surface area contributed by atoms with Crippen LogP contribution in [0.2, 0.25) is 15.5 Å². The molecule has 4 aromatic rings. The summed E-state index contributed by atoms with van der Waals surface area (Å²) in [7, 11) is 0. The summed E-state index contributed by atoms with van der Waals surface area (Å²) >= 11 is 19.5. The van der Waals surface area contributed by atoms with E-state index in [1.165, 1.54) is 32.3 Å². The molecule has 0 atom stereocenters. The number of rotatable bonds is 0. The zero-order chi connectivity index (χ0) is 15.9. The van der Waals surface area contributed by atoms with Crippen LogP contribution in [-0.2, 0) is 19.3 Å². The van der Waals surface area contributed by atoms with Gasteiger partial charge in [-0.1, -0.05) is 34.8 Å². The predicted octanol–water partition coefficient (Wildman–Crippen LogP) is 5.00. The molecule has 114 valence electrons. The normalized spacial score (nSPS) is 15.6. The van der Waals surface area contributed by atoms with Gasteiger partial charge in [0.1, 0.15) is 15.5 Å². The summed E-state index contributed by atoms with van der Waals surface area (Å²) in [6.07, 6.45) is 2.07. The van der Waals surface area contributed by atoms with Gasteiger partial charge in [-0.15, -0.1) is 0 Å². The first-order chi connectivity index (χ1) is 11.6. The van der Waals surface area contributed by atoms with E-state index >= 15 is 0 Å². The van der Waals surface area contributed by atoms with Crippen LogP contribution in [0, 0.1) is 0 Å². The Bertz CT molecular complexity index is 1160. The molecule has 0 spiro atoms. The molecule has 0 amide bonds. The van der Waals surface area contributed by atoms with E-state index in [0.29, 0.717) is 34.7 Å². The standard InChI is InChI=1S/C18H6Cl3N3/c19-16-4-1-7-13-10(4)14-8(23-16)3-6-12(14)15-9(24-18(6)21)2-5(11(13)15)17(20)22-7/h1-3H2. The van der Waals surface area contributed by atoms with Crippen molar-refractivity contribution >= 4 is 67.1 Å². The van der Waals surface area contributed by atoms with Gasteiger partial charge in [0.2, 0.25) is 0 Å². The van der Waals surface area contributed by atoms with Gasteiger partial charge in [-0.25, -0.2) is 15.0 Å². The molecule has 0 bridgehead atoms. The summed E-state index contributed by atoms with van der Waals surface area (Å²) in [6, 6.07) is 0. The van der Waals surface area contributed by atoms with E-state index in [4.69, 9.17) is 34.8 Å². The van der Waals surface area contributed by atoms with Crippen molar-refractivity contribution in [3.63, 3.8) is 0 Å². The molecule has 1 aromatic carbocycles. The predicted molar refractivity (Wildman–Crippen MR) is 95.8 cm³/mol. The maximum absolute atomic E-state index is 6.51. The monoisotopic (exact) mass is 369 g/mol. The van der Waals surface area contributed by atoms with Crippen LogP contribution < -0.4 is 0 Å². The number of pyridine rings is 3. The minimum Gasteiger partial charge on any atom is -0.240 e. The van der Waals surface area contributed by atoms with Crippen molar-refractivity contribution in [3.05, 3.63) is 49.2 Å². The zero-order valence-corrected chi connectivity index (χ0v) is 14.4. The van der Waals surface area contributed by atoms with Crippen LogP contribution in [0.4, 0.5) is 0 Å². The van der Waals surface area contributed by atoms with Crippen LogP contribution in [0.1, 0.15) is 33.8 Å². The molecule has 3 heterocycles. The molecule has 3 aromatic heterocycles. The minimum atomic E-state index is 0.574. The Morgan fingerprint density at radius 2 is 0.750 bits per heavy atom. The molecule has 7 rings (SSSR count).